The van der Waals surface area contributed by atoms with Crippen molar-refractivity contribution in [2.45, 2.75) is 33.1 Å². The molecule has 2 N–H and O–H groups in total. The molecule has 0 bridgehead atoms. The van der Waals surface area contributed by atoms with E-state index in [2.05, 4.69) is 25.3 Å². The van der Waals surface area contributed by atoms with Crippen LogP contribution in [0.2, 0.25) is 0 Å². The first kappa shape index (κ1) is 20.0. The van der Waals surface area contributed by atoms with Gasteiger partial charge < -0.3 is 15.4 Å². The molecule has 2 aromatic rings. The van der Waals surface area contributed by atoms with Crippen LogP contribution in [0.1, 0.15) is 22.4 Å². The molecule has 0 aliphatic carbocycles. The van der Waals surface area contributed by atoms with Crippen LogP contribution in [0.5, 0.6) is 5.75 Å². The summed E-state index contributed by atoms with van der Waals surface area (Å²) in [7, 11) is 0. The Labute approximate surface area is 154 Å². The van der Waals surface area contributed by atoms with Gasteiger partial charge in [0.15, 0.2) is 12.6 Å². The van der Waals surface area contributed by atoms with E-state index in [1.54, 1.807) is 23.5 Å². The van der Waals surface area contributed by atoms with Crippen LogP contribution in [0.15, 0.2) is 35.5 Å². The Morgan fingerprint density at radius 1 is 1.23 bits per heavy atom. The Kier molecular flexibility index (Phi) is 7.26. The third-order valence-electron chi connectivity index (χ3n) is 3.19. The summed E-state index contributed by atoms with van der Waals surface area (Å²) in [6.45, 7) is 4.38. The van der Waals surface area contributed by atoms with Crippen LogP contribution in [0.25, 0.3) is 0 Å². The molecular formula is C17H21F3N4OS. The number of nitrogens with zero attached hydrogens (tertiary/aromatic N) is 2. The Bertz CT molecular complexity index is 714. The van der Waals surface area contributed by atoms with Gasteiger partial charge in [-0.3, -0.25) is 0 Å². The molecule has 5 nitrogen and oxygen atoms in total. The van der Waals surface area contributed by atoms with Crippen LogP contribution in [0.4, 0.5) is 13.2 Å². The van der Waals surface area contributed by atoms with Gasteiger partial charge in [-0.15, -0.1) is 11.3 Å². The van der Waals surface area contributed by atoms with Gasteiger partial charge in [0, 0.05) is 17.6 Å². The van der Waals surface area contributed by atoms with E-state index in [9.17, 15) is 13.2 Å². The van der Waals surface area contributed by atoms with Crippen molar-refractivity contribution in [1.29, 1.82) is 0 Å². The van der Waals surface area contributed by atoms with Gasteiger partial charge in [-0.05, 0) is 31.5 Å². The van der Waals surface area contributed by atoms with Gasteiger partial charge in [0.2, 0.25) is 0 Å². The van der Waals surface area contributed by atoms with Gasteiger partial charge in [-0.25, -0.2) is 9.98 Å². The fourth-order valence-electron chi connectivity index (χ4n) is 2.03. The van der Waals surface area contributed by atoms with Crippen molar-refractivity contribution in [1.82, 2.24) is 15.6 Å². The van der Waals surface area contributed by atoms with E-state index in [0.717, 1.165) is 22.0 Å². The van der Waals surface area contributed by atoms with Crippen molar-refractivity contribution in [3.05, 3.63) is 45.9 Å². The standard InChI is InChI=1S/C17H21F3N4OS/c1-3-21-16(24-10-15-9-22-12(2)26-15)23-8-13-4-6-14(7-5-13)25-11-17(18,19)20/h4-7,9H,3,8,10-11H2,1-2H3,(H2,21,23,24). The van der Waals surface area contributed by atoms with E-state index in [1.165, 1.54) is 12.1 Å². The molecule has 26 heavy (non-hydrogen) atoms. The highest BCUT2D eigenvalue weighted by atomic mass is 32.1. The normalized spacial score (nSPS) is 12.1. The highest BCUT2D eigenvalue weighted by Crippen LogP contribution is 2.19. The van der Waals surface area contributed by atoms with Crippen LogP contribution in [0.3, 0.4) is 0 Å². The maximum atomic E-state index is 12.1. The molecule has 0 spiro atoms. The monoisotopic (exact) mass is 386 g/mol. The molecular weight excluding hydrogens is 365 g/mol. The minimum absolute atomic E-state index is 0.181. The lowest BCUT2D eigenvalue weighted by Gasteiger charge is -2.11. The summed E-state index contributed by atoms with van der Waals surface area (Å²) in [6.07, 6.45) is -2.51. The summed E-state index contributed by atoms with van der Waals surface area (Å²) in [6, 6.07) is 6.42. The quantitative estimate of drug-likeness (QED) is 0.563. The molecule has 0 atom stereocenters. The van der Waals surface area contributed by atoms with E-state index in [4.69, 9.17) is 0 Å². The molecule has 0 radical (unpaired) electrons. The van der Waals surface area contributed by atoms with Gasteiger partial charge in [0.05, 0.1) is 18.1 Å². The van der Waals surface area contributed by atoms with Crippen LogP contribution in [0, 0.1) is 6.92 Å². The zero-order chi connectivity index (χ0) is 19.0. The van der Waals surface area contributed by atoms with Crippen molar-refractivity contribution in [2.75, 3.05) is 13.2 Å². The highest BCUT2D eigenvalue weighted by molar-refractivity contribution is 7.11. The molecule has 1 aromatic carbocycles. The molecule has 9 heteroatoms. The number of benzene rings is 1. The largest absolute Gasteiger partial charge is 0.484 e. The SMILES string of the molecule is CCNC(=NCc1ccc(OCC(F)(F)F)cc1)NCc1cnc(C)s1. The number of aliphatic imine (C=N–C) groups is 1. The lowest BCUT2D eigenvalue weighted by molar-refractivity contribution is -0.153. The molecule has 2 rings (SSSR count). The minimum Gasteiger partial charge on any atom is -0.484 e. The summed E-state index contributed by atoms with van der Waals surface area (Å²) in [4.78, 5) is 9.80. The zero-order valence-corrected chi connectivity index (χ0v) is 15.4. The third-order valence-corrected chi connectivity index (χ3v) is 4.10. The van der Waals surface area contributed by atoms with E-state index in [-0.39, 0.29) is 5.75 Å². The molecule has 0 unspecified atom stereocenters. The summed E-state index contributed by atoms with van der Waals surface area (Å²) < 4.78 is 41.1. The zero-order valence-electron chi connectivity index (χ0n) is 14.6. The number of aromatic nitrogens is 1. The first-order valence-corrected chi connectivity index (χ1v) is 8.89. The summed E-state index contributed by atoms with van der Waals surface area (Å²) in [5.41, 5.74) is 0.871. The maximum Gasteiger partial charge on any atom is 0.422 e. The Hall–Kier alpha value is -2.29. The van der Waals surface area contributed by atoms with Crippen LogP contribution in [-0.4, -0.2) is 30.3 Å². The van der Waals surface area contributed by atoms with E-state index in [1.807, 2.05) is 20.0 Å². The van der Waals surface area contributed by atoms with Crippen LogP contribution >= 0.6 is 11.3 Å². The van der Waals surface area contributed by atoms with Crippen molar-refractivity contribution in [2.24, 2.45) is 4.99 Å². The number of aryl methyl sites for hydroxylation is 1. The average Bonchev–Trinajstić information content (AvgIpc) is 3.01. The molecule has 0 saturated carbocycles. The van der Waals surface area contributed by atoms with Crippen molar-refractivity contribution < 1.29 is 17.9 Å². The minimum atomic E-state index is -4.34. The number of halogens is 3. The highest BCUT2D eigenvalue weighted by Gasteiger charge is 2.28. The fraction of sp³-hybridized carbons (Fsp3) is 0.412. The molecule has 0 saturated heterocycles. The third kappa shape index (κ3) is 7.30. The lowest BCUT2D eigenvalue weighted by Crippen LogP contribution is -2.36. The molecule has 0 aliphatic heterocycles. The second-order valence-electron chi connectivity index (χ2n) is 5.44. The number of ether oxygens (including phenoxy) is 1. The van der Waals surface area contributed by atoms with Crippen molar-refractivity contribution in [3.8, 4) is 5.75 Å². The van der Waals surface area contributed by atoms with Gasteiger partial charge in [0.25, 0.3) is 0 Å². The van der Waals surface area contributed by atoms with Crippen LogP contribution in [-0.2, 0) is 13.1 Å². The van der Waals surface area contributed by atoms with Gasteiger partial charge in [0.1, 0.15) is 5.75 Å². The van der Waals surface area contributed by atoms with E-state index < -0.39 is 12.8 Å². The lowest BCUT2D eigenvalue weighted by atomic mass is 10.2. The molecule has 0 fully saturated rings. The second-order valence-corrected chi connectivity index (χ2v) is 6.76. The topological polar surface area (TPSA) is 58.5 Å². The number of hydrogen-bond donors (Lipinski definition) is 2. The first-order chi connectivity index (χ1) is 12.4. The Balaban J connectivity index is 1.89. The number of nitrogens with one attached hydrogen (secondary N) is 2. The Morgan fingerprint density at radius 2 is 1.96 bits per heavy atom. The molecule has 0 aliphatic rings. The summed E-state index contributed by atoms with van der Waals surface area (Å²) in [5.74, 6) is 0.844. The number of guanidine groups is 1. The van der Waals surface area contributed by atoms with Crippen molar-refractivity contribution >= 4 is 17.3 Å². The number of alkyl halides is 3. The van der Waals surface area contributed by atoms with Crippen molar-refractivity contribution in [3.63, 3.8) is 0 Å². The van der Waals surface area contributed by atoms with Gasteiger partial charge in [-0.1, -0.05) is 12.1 Å². The number of hydrogen-bond acceptors (Lipinski definition) is 4. The second kappa shape index (κ2) is 9.42. The number of rotatable bonds is 7. The smallest absolute Gasteiger partial charge is 0.422 e. The van der Waals surface area contributed by atoms with Crippen LogP contribution < -0.4 is 15.4 Å². The van der Waals surface area contributed by atoms with Gasteiger partial charge >= 0.3 is 6.18 Å². The van der Waals surface area contributed by atoms with E-state index >= 15 is 0 Å². The molecule has 0 amide bonds. The molecule has 142 valence electrons. The number of thiazole rings is 1. The predicted molar refractivity (Wildman–Crippen MR) is 96.5 cm³/mol. The molecule has 1 aromatic heterocycles. The van der Waals surface area contributed by atoms with E-state index in [0.29, 0.717) is 19.0 Å². The first-order valence-electron chi connectivity index (χ1n) is 8.07. The van der Waals surface area contributed by atoms with Gasteiger partial charge in [-0.2, -0.15) is 13.2 Å². The Morgan fingerprint density at radius 3 is 2.54 bits per heavy atom. The molecule has 1 heterocycles. The maximum absolute atomic E-state index is 12.1. The fourth-order valence-corrected chi connectivity index (χ4v) is 2.76. The average molecular weight is 386 g/mol. The summed E-state index contributed by atoms with van der Waals surface area (Å²) in [5, 5.41) is 7.39. The predicted octanol–water partition coefficient (Wildman–Crippen LogP) is 3.65. The summed E-state index contributed by atoms with van der Waals surface area (Å²) >= 11 is 1.62.